The van der Waals surface area contributed by atoms with Crippen LogP contribution in [0.4, 0.5) is 0 Å². The molecule has 0 radical (unpaired) electrons. The van der Waals surface area contributed by atoms with Crippen LogP contribution in [0.25, 0.3) is 21.9 Å². The zero-order valence-corrected chi connectivity index (χ0v) is 21.0. The minimum atomic E-state index is -0.908. The quantitative estimate of drug-likeness (QED) is 0.347. The van der Waals surface area contributed by atoms with Gasteiger partial charge in [0.15, 0.2) is 13.1 Å². The largest absolute Gasteiger partial charge is 0.478 e. The number of hydrogen-bond donors (Lipinski definition) is 1. The molecule has 0 spiro atoms. The Morgan fingerprint density at radius 2 is 1.67 bits per heavy atom. The van der Waals surface area contributed by atoms with Crippen LogP contribution in [0.3, 0.4) is 0 Å². The van der Waals surface area contributed by atoms with Crippen molar-refractivity contribution < 1.29 is 24.1 Å². The number of carboxylic acids is 1. The van der Waals surface area contributed by atoms with Crippen molar-refractivity contribution >= 4 is 16.7 Å². The van der Waals surface area contributed by atoms with Gasteiger partial charge >= 0.3 is 5.97 Å². The minimum absolute atomic E-state index is 0.143. The van der Waals surface area contributed by atoms with Crippen molar-refractivity contribution in [2.75, 3.05) is 13.9 Å². The van der Waals surface area contributed by atoms with E-state index in [1.807, 2.05) is 25.1 Å². The lowest BCUT2D eigenvalue weighted by molar-refractivity contribution is -0.150. The van der Waals surface area contributed by atoms with E-state index in [9.17, 15) is 9.90 Å². The Balaban J connectivity index is 1.44. The highest BCUT2D eigenvalue weighted by Gasteiger charge is 2.52. The van der Waals surface area contributed by atoms with E-state index in [-0.39, 0.29) is 18.5 Å². The standard InChI is InChI=1S/C31H34O5/c1-19(34-2)35-18-36-29-14-23-7-8-24(26-5-3-4-6-27(26)30(32)33)12-25(23)13-28(29)31-15-20-9-21(16-31)11-22(10-20)17-31/h3-8,12-14,19-22H,9-11,15-18H2,1-2H3,(H,32,33). The van der Waals surface area contributed by atoms with Crippen LogP contribution in [0.2, 0.25) is 0 Å². The fraction of sp³-hybridized carbons (Fsp3) is 0.452. The van der Waals surface area contributed by atoms with Gasteiger partial charge in [0.1, 0.15) is 5.75 Å². The minimum Gasteiger partial charge on any atom is -0.478 e. The molecule has 1 N–H and O–H groups in total. The molecule has 4 aliphatic carbocycles. The fourth-order valence-corrected chi connectivity index (χ4v) is 7.60. The summed E-state index contributed by atoms with van der Waals surface area (Å²) in [5.41, 5.74) is 3.43. The van der Waals surface area contributed by atoms with Crippen molar-refractivity contribution in [2.24, 2.45) is 17.8 Å². The van der Waals surface area contributed by atoms with Crippen molar-refractivity contribution in [1.29, 1.82) is 0 Å². The number of carbonyl (C=O) groups is 1. The average Bonchev–Trinajstić information content (AvgIpc) is 2.87. The molecule has 0 aromatic heterocycles. The lowest BCUT2D eigenvalue weighted by Gasteiger charge is -2.57. The molecule has 0 heterocycles. The Bertz CT molecular complexity index is 1260. The summed E-state index contributed by atoms with van der Waals surface area (Å²) in [6.45, 7) is 2.00. The van der Waals surface area contributed by atoms with Gasteiger partial charge < -0.3 is 19.3 Å². The van der Waals surface area contributed by atoms with E-state index in [0.29, 0.717) is 5.56 Å². The zero-order chi connectivity index (χ0) is 24.9. The van der Waals surface area contributed by atoms with Crippen LogP contribution >= 0.6 is 0 Å². The smallest absolute Gasteiger partial charge is 0.336 e. The number of methoxy groups -OCH3 is 1. The molecule has 3 aromatic rings. The number of carboxylic acid groups (broad SMARTS) is 1. The van der Waals surface area contributed by atoms with E-state index in [0.717, 1.165) is 45.4 Å². The molecule has 188 valence electrons. The summed E-state index contributed by atoms with van der Waals surface area (Å²) >= 11 is 0. The third kappa shape index (κ3) is 4.18. The Morgan fingerprint density at radius 3 is 2.33 bits per heavy atom. The summed E-state index contributed by atoms with van der Waals surface area (Å²) in [7, 11) is 1.63. The number of benzene rings is 3. The van der Waals surface area contributed by atoms with Gasteiger partial charge in [0, 0.05) is 12.7 Å². The normalized spacial score (nSPS) is 27.3. The lowest BCUT2D eigenvalue weighted by atomic mass is 9.48. The van der Waals surface area contributed by atoms with Gasteiger partial charge in [0.25, 0.3) is 0 Å². The molecule has 4 saturated carbocycles. The predicted octanol–water partition coefficient (Wildman–Crippen LogP) is 7.02. The molecule has 4 fully saturated rings. The van der Waals surface area contributed by atoms with Crippen LogP contribution in [-0.2, 0) is 14.9 Å². The molecule has 4 bridgehead atoms. The van der Waals surface area contributed by atoms with Gasteiger partial charge in [-0.25, -0.2) is 4.79 Å². The maximum absolute atomic E-state index is 11.8. The second kappa shape index (κ2) is 9.20. The summed E-state index contributed by atoms with van der Waals surface area (Å²) in [6.07, 6.45) is 7.52. The molecular weight excluding hydrogens is 452 g/mol. The van der Waals surface area contributed by atoms with Gasteiger partial charge in [0.05, 0.1) is 5.56 Å². The highest BCUT2D eigenvalue weighted by Crippen LogP contribution is 2.62. The second-order valence-electron chi connectivity index (χ2n) is 11.2. The SMILES string of the molecule is COC(C)OCOc1cc2ccc(-c3ccccc3C(=O)O)cc2cc1C12CC3CC(CC(C3)C1)C2. The molecule has 5 heteroatoms. The Labute approximate surface area is 212 Å². The monoisotopic (exact) mass is 486 g/mol. The summed E-state index contributed by atoms with van der Waals surface area (Å²) in [5.74, 6) is 2.45. The van der Waals surface area contributed by atoms with Crippen molar-refractivity contribution in [3.8, 4) is 16.9 Å². The van der Waals surface area contributed by atoms with Gasteiger partial charge in [-0.15, -0.1) is 0 Å². The molecule has 0 amide bonds. The van der Waals surface area contributed by atoms with E-state index < -0.39 is 5.97 Å². The predicted molar refractivity (Wildman–Crippen MR) is 139 cm³/mol. The molecule has 3 aromatic carbocycles. The maximum Gasteiger partial charge on any atom is 0.336 e. The van der Waals surface area contributed by atoms with Crippen LogP contribution in [0.1, 0.15) is 61.4 Å². The number of rotatable bonds is 8. The summed E-state index contributed by atoms with van der Waals surface area (Å²) < 4.78 is 17.2. The van der Waals surface area contributed by atoms with Crippen LogP contribution < -0.4 is 4.74 Å². The second-order valence-corrected chi connectivity index (χ2v) is 11.2. The first-order chi connectivity index (χ1) is 17.4. The zero-order valence-electron chi connectivity index (χ0n) is 21.0. The Hall–Kier alpha value is -2.89. The third-order valence-corrected chi connectivity index (χ3v) is 8.87. The van der Waals surface area contributed by atoms with Crippen LogP contribution in [0, 0.1) is 17.8 Å². The van der Waals surface area contributed by atoms with Crippen LogP contribution in [0.15, 0.2) is 54.6 Å². The van der Waals surface area contributed by atoms with Gasteiger partial charge in [-0.2, -0.15) is 0 Å². The highest BCUT2D eigenvalue weighted by molar-refractivity contribution is 5.98. The first-order valence-electron chi connectivity index (χ1n) is 13.1. The fourth-order valence-electron chi connectivity index (χ4n) is 7.60. The molecule has 0 saturated heterocycles. The summed E-state index contributed by atoms with van der Waals surface area (Å²) in [5, 5.41) is 11.9. The van der Waals surface area contributed by atoms with Crippen LogP contribution in [0.5, 0.6) is 5.75 Å². The Morgan fingerprint density at radius 1 is 0.972 bits per heavy atom. The molecule has 7 rings (SSSR count). The highest BCUT2D eigenvalue weighted by atomic mass is 16.7. The van der Waals surface area contributed by atoms with Crippen molar-refractivity contribution in [1.82, 2.24) is 0 Å². The molecule has 1 atom stereocenters. The molecule has 0 aliphatic heterocycles. The first-order valence-corrected chi connectivity index (χ1v) is 13.1. The van der Waals surface area contributed by atoms with Crippen LogP contribution in [-0.4, -0.2) is 31.3 Å². The molecule has 5 nitrogen and oxygen atoms in total. The molecular formula is C31H34O5. The summed E-state index contributed by atoms with van der Waals surface area (Å²) in [4.78, 5) is 11.8. The van der Waals surface area contributed by atoms with Gasteiger partial charge in [0.2, 0.25) is 0 Å². The van der Waals surface area contributed by atoms with Gasteiger partial charge in [-0.05, 0) is 115 Å². The maximum atomic E-state index is 11.8. The van der Waals surface area contributed by atoms with Gasteiger partial charge in [-0.1, -0.05) is 30.3 Å². The van der Waals surface area contributed by atoms with E-state index in [2.05, 4.69) is 24.3 Å². The third-order valence-electron chi connectivity index (χ3n) is 8.87. The Kier molecular flexibility index (Phi) is 6.01. The molecule has 1 unspecified atom stereocenters. The van der Waals surface area contributed by atoms with E-state index in [1.165, 1.54) is 44.1 Å². The number of fused-ring (bicyclic) bond motifs is 1. The summed E-state index contributed by atoms with van der Waals surface area (Å²) in [6, 6.07) is 17.9. The van der Waals surface area contributed by atoms with E-state index in [1.54, 1.807) is 19.2 Å². The van der Waals surface area contributed by atoms with Crippen molar-refractivity contribution in [2.45, 2.75) is 57.2 Å². The molecule has 36 heavy (non-hydrogen) atoms. The van der Waals surface area contributed by atoms with Gasteiger partial charge in [-0.3, -0.25) is 0 Å². The van der Waals surface area contributed by atoms with E-state index in [4.69, 9.17) is 14.2 Å². The van der Waals surface area contributed by atoms with Crippen molar-refractivity contribution in [3.05, 3.63) is 65.7 Å². The number of aromatic carboxylic acids is 1. The topological polar surface area (TPSA) is 65.0 Å². The van der Waals surface area contributed by atoms with E-state index >= 15 is 0 Å². The molecule has 4 aliphatic rings. The lowest BCUT2D eigenvalue weighted by Crippen LogP contribution is -2.48. The van der Waals surface area contributed by atoms with Crippen molar-refractivity contribution in [3.63, 3.8) is 0 Å². The number of ether oxygens (including phenoxy) is 3. The first kappa shape index (κ1) is 23.5. The average molecular weight is 487 g/mol. The number of hydrogen-bond acceptors (Lipinski definition) is 4.